The quantitative estimate of drug-likeness (QED) is 0.802. The van der Waals surface area contributed by atoms with E-state index < -0.39 is 0 Å². The molecule has 5 nitrogen and oxygen atoms in total. The molecule has 1 aromatic carbocycles. The van der Waals surface area contributed by atoms with Gasteiger partial charge in [0.1, 0.15) is 0 Å². The van der Waals surface area contributed by atoms with Crippen molar-refractivity contribution in [2.75, 3.05) is 40.4 Å². The number of benzene rings is 1. The standard InChI is InChI=1S/C19H28N2O3/c1-23-17-8-3-5-15(19(17)24-2)9-10-18(22)21-13-11-20(12-14-21)16-6-4-7-16/h3,5,8,16H,4,6-7,9-14H2,1-2H3. The summed E-state index contributed by atoms with van der Waals surface area (Å²) in [6.45, 7) is 3.78. The number of hydrogen-bond acceptors (Lipinski definition) is 4. The first-order chi connectivity index (χ1) is 11.7. The summed E-state index contributed by atoms with van der Waals surface area (Å²) in [6.07, 6.45) is 5.24. The van der Waals surface area contributed by atoms with Crippen LogP contribution in [0.3, 0.4) is 0 Å². The van der Waals surface area contributed by atoms with E-state index in [-0.39, 0.29) is 5.91 Å². The minimum atomic E-state index is 0.244. The van der Waals surface area contributed by atoms with Gasteiger partial charge in [0.2, 0.25) is 5.91 Å². The van der Waals surface area contributed by atoms with Crippen molar-refractivity contribution in [3.63, 3.8) is 0 Å². The van der Waals surface area contributed by atoms with Gasteiger partial charge in [0.15, 0.2) is 11.5 Å². The highest BCUT2D eigenvalue weighted by Crippen LogP contribution is 2.31. The third kappa shape index (κ3) is 3.66. The second-order valence-corrected chi connectivity index (χ2v) is 6.65. The van der Waals surface area contributed by atoms with Gasteiger partial charge in [-0.05, 0) is 30.9 Å². The highest BCUT2D eigenvalue weighted by Gasteiger charge is 2.29. The summed E-state index contributed by atoms with van der Waals surface area (Å²) in [5.41, 5.74) is 1.03. The SMILES string of the molecule is COc1cccc(CCC(=O)N2CCN(C3CCC3)CC2)c1OC. The van der Waals surface area contributed by atoms with Crippen LogP contribution in [0.15, 0.2) is 18.2 Å². The molecule has 5 heteroatoms. The van der Waals surface area contributed by atoms with Crippen LogP contribution in [0.5, 0.6) is 11.5 Å². The second kappa shape index (κ2) is 7.88. The molecular weight excluding hydrogens is 304 g/mol. The Morgan fingerprint density at radius 3 is 2.46 bits per heavy atom. The first kappa shape index (κ1) is 17.1. The molecule has 0 radical (unpaired) electrons. The lowest BCUT2D eigenvalue weighted by molar-refractivity contribution is -0.133. The minimum absolute atomic E-state index is 0.244. The number of piperazine rings is 1. The van der Waals surface area contributed by atoms with Crippen molar-refractivity contribution in [2.24, 2.45) is 0 Å². The Morgan fingerprint density at radius 1 is 1.12 bits per heavy atom. The predicted octanol–water partition coefficient (Wildman–Crippen LogP) is 2.33. The predicted molar refractivity (Wildman–Crippen MR) is 93.7 cm³/mol. The highest BCUT2D eigenvalue weighted by atomic mass is 16.5. The fourth-order valence-corrected chi connectivity index (χ4v) is 3.64. The molecule has 1 aromatic rings. The summed E-state index contributed by atoms with van der Waals surface area (Å²) < 4.78 is 10.8. The normalized spacial score (nSPS) is 19.0. The largest absolute Gasteiger partial charge is 0.493 e. The fraction of sp³-hybridized carbons (Fsp3) is 0.632. The van der Waals surface area contributed by atoms with E-state index in [1.807, 2.05) is 23.1 Å². The molecule has 2 aliphatic rings. The summed E-state index contributed by atoms with van der Waals surface area (Å²) in [4.78, 5) is 17.1. The van der Waals surface area contributed by atoms with Crippen LogP contribution in [-0.4, -0.2) is 62.1 Å². The monoisotopic (exact) mass is 332 g/mol. The van der Waals surface area contributed by atoms with Crippen LogP contribution in [0.2, 0.25) is 0 Å². The van der Waals surface area contributed by atoms with Gasteiger partial charge < -0.3 is 14.4 Å². The number of carbonyl (C=O) groups excluding carboxylic acids is 1. The third-order valence-corrected chi connectivity index (χ3v) is 5.35. The van der Waals surface area contributed by atoms with Gasteiger partial charge in [0.05, 0.1) is 14.2 Å². The Bertz CT molecular complexity index is 564. The molecule has 1 amide bonds. The first-order valence-corrected chi connectivity index (χ1v) is 8.94. The highest BCUT2D eigenvalue weighted by molar-refractivity contribution is 5.76. The first-order valence-electron chi connectivity index (χ1n) is 8.94. The summed E-state index contributed by atoms with van der Waals surface area (Å²) in [6, 6.07) is 6.61. The molecule has 0 aromatic heterocycles. The smallest absolute Gasteiger partial charge is 0.222 e. The number of nitrogens with zero attached hydrogens (tertiary/aromatic N) is 2. The van der Waals surface area contributed by atoms with E-state index in [2.05, 4.69) is 4.90 Å². The van der Waals surface area contributed by atoms with E-state index in [0.29, 0.717) is 12.8 Å². The van der Waals surface area contributed by atoms with E-state index in [0.717, 1.165) is 49.3 Å². The molecule has 24 heavy (non-hydrogen) atoms. The van der Waals surface area contributed by atoms with Gasteiger partial charge in [0, 0.05) is 38.6 Å². The zero-order valence-electron chi connectivity index (χ0n) is 14.8. The molecular formula is C19H28N2O3. The number of aryl methyl sites for hydroxylation is 1. The topological polar surface area (TPSA) is 42.0 Å². The van der Waals surface area contributed by atoms with Crippen molar-refractivity contribution in [2.45, 2.75) is 38.1 Å². The van der Waals surface area contributed by atoms with Crippen molar-refractivity contribution >= 4 is 5.91 Å². The second-order valence-electron chi connectivity index (χ2n) is 6.65. The Balaban J connectivity index is 1.51. The van der Waals surface area contributed by atoms with Crippen molar-refractivity contribution in [3.05, 3.63) is 23.8 Å². The molecule has 1 saturated carbocycles. The van der Waals surface area contributed by atoms with Crippen molar-refractivity contribution < 1.29 is 14.3 Å². The number of carbonyl (C=O) groups is 1. The van der Waals surface area contributed by atoms with Crippen LogP contribution in [0.4, 0.5) is 0 Å². The maximum Gasteiger partial charge on any atom is 0.222 e. The summed E-state index contributed by atoms with van der Waals surface area (Å²) in [5, 5.41) is 0. The number of ether oxygens (including phenoxy) is 2. The summed E-state index contributed by atoms with van der Waals surface area (Å²) in [7, 11) is 3.28. The summed E-state index contributed by atoms with van der Waals surface area (Å²) >= 11 is 0. The van der Waals surface area contributed by atoms with E-state index in [1.165, 1.54) is 19.3 Å². The van der Waals surface area contributed by atoms with Crippen LogP contribution in [0, 0.1) is 0 Å². The Labute approximate surface area is 144 Å². The van der Waals surface area contributed by atoms with Gasteiger partial charge in [-0.15, -0.1) is 0 Å². The lowest BCUT2D eigenvalue weighted by Gasteiger charge is -2.43. The molecule has 2 fully saturated rings. The summed E-state index contributed by atoms with van der Waals surface area (Å²) in [5.74, 6) is 1.70. The fourth-order valence-electron chi connectivity index (χ4n) is 3.64. The maximum atomic E-state index is 12.5. The molecule has 0 spiro atoms. The molecule has 132 valence electrons. The zero-order valence-corrected chi connectivity index (χ0v) is 14.8. The van der Waals surface area contributed by atoms with E-state index in [4.69, 9.17) is 9.47 Å². The Hall–Kier alpha value is -1.75. The van der Waals surface area contributed by atoms with Crippen LogP contribution in [-0.2, 0) is 11.2 Å². The van der Waals surface area contributed by atoms with Crippen LogP contribution < -0.4 is 9.47 Å². The van der Waals surface area contributed by atoms with Gasteiger partial charge in [-0.3, -0.25) is 9.69 Å². The molecule has 1 heterocycles. The average Bonchev–Trinajstić information content (AvgIpc) is 2.58. The number of methoxy groups -OCH3 is 2. The van der Waals surface area contributed by atoms with Gasteiger partial charge in [-0.2, -0.15) is 0 Å². The number of amides is 1. The third-order valence-electron chi connectivity index (χ3n) is 5.35. The van der Waals surface area contributed by atoms with Crippen LogP contribution in [0.1, 0.15) is 31.2 Å². The maximum absolute atomic E-state index is 12.5. The molecule has 3 rings (SSSR count). The van der Waals surface area contributed by atoms with Gasteiger partial charge in [0.25, 0.3) is 0 Å². The molecule has 1 aliphatic heterocycles. The zero-order chi connectivity index (χ0) is 16.9. The Kier molecular flexibility index (Phi) is 5.61. The lowest BCUT2D eigenvalue weighted by Crippen LogP contribution is -2.53. The number of hydrogen-bond donors (Lipinski definition) is 0. The molecule has 0 bridgehead atoms. The number of rotatable bonds is 6. The van der Waals surface area contributed by atoms with E-state index >= 15 is 0 Å². The van der Waals surface area contributed by atoms with Crippen LogP contribution >= 0.6 is 0 Å². The molecule has 1 saturated heterocycles. The van der Waals surface area contributed by atoms with E-state index in [9.17, 15) is 4.79 Å². The molecule has 0 atom stereocenters. The number of para-hydroxylation sites is 1. The lowest BCUT2D eigenvalue weighted by atomic mass is 9.91. The molecule has 1 aliphatic carbocycles. The van der Waals surface area contributed by atoms with Crippen molar-refractivity contribution in [3.8, 4) is 11.5 Å². The molecule has 0 unspecified atom stereocenters. The van der Waals surface area contributed by atoms with Crippen molar-refractivity contribution in [1.29, 1.82) is 0 Å². The van der Waals surface area contributed by atoms with Crippen molar-refractivity contribution in [1.82, 2.24) is 9.80 Å². The average molecular weight is 332 g/mol. The van der Waals surface area contributed by atoms with Crippen LogP contribution in [0.25, 0.3) is 0 Å². The Morgan fingerprint density at radius 2 is 1.88 bits per heavy atom. The van der Waals surface area contributed by atoms with Gasteiger partial charge in [-0.25, -0.2) is 0 Å². The van der Waals surface area contributed by atoms with Gasteiger partial charge >= 0.3 is 0 Å². The van der Waals surface area contributed by atoms with Gasteiger partial charge in [-0.1, -0.05) is 18.6 Å². The minimum Gasteiger partial charge on any atom is -0.493 e. The molecule has 0 N–H and O–H groups in total. The van der Waals surface area contributed by atoms with E-state index in [1.54, 1.807) is 14.2 Å².